The highest BCUT2D eigenvalue weighted by Crippen LogP contribution is 2.33. The summed E-state index contributed by atoms with van der Waals surface area (Å²) in [6, 6.07) is 8.57. The molecular weight excluding hydrogens is 346 g/mol. The fourth-order valence-electron chi connectivity index (χ4n) is 2.08. The molecule has 0 spiro atoms. The number of aryl methyl sites for hydroxylation is 1. The van der Waals surface area contributed by atoms with Gasteiger partial charge >= 0.3 is 5.69 Å². The number of aromatic nitrogens is 4. The number of nitrogens with zero attached hydrogens (tertiary/aromatic N) is 5. The highest BCUT2D eigenvalue weighted by atomic mass is 35.5. The van der Waals surface area contributed by atoms with Gasteiger partial charge in [0, 0.05) is 11.9 Å². The summed E-state index contributed by atoms with van der Waals surface area (Å²) < 4.78 is 0. The third kappa shape index (κ3) is 3.78. The topological polar surface area (TPSA) is 119 Å². The zero-order valence-corrected chi connectivity index (χ0v) is 13.7. The minimum Gasteiger partial charge on any atom is -0.332 e. The summed E-state index contributed by atoms with van der Waals surface area (Å²) in [7, 11) is 0. The molecular formula is C15H12ClN7O2. The molecule has 9 nitrogen and oxygen atoms in total. The van der Waals surface area contributed by atoms with Crippen LogP contribution in [0.2, 0.25) is 5.15 Å². The second-order valence-corrected chi connectivity index (χ2v) is 5.29. The first-order valence-corrected chi connectivity index (χ1v) is 7.50. The van der Waals surface area contributed by atoms with E-state index in [4.69, 9.17) is 11.6 Å². The number of anilines is 4. The number of hydrogen-bond donors (Lipinski definition) is 2. The van der Waals surface area contributed by atoms with Gasteiger partial charge in [-0.3, -0.25) is 10.1 Å². The largest absolute Gasteiger partial charge is 0.353 e. The third-order valence-electron chi connectivity index (χ3n) is 3.15. The van der Waals surface area contributed by atoms with Crippen molar-refractivity contribution in [1.82, 2.24) is 19.9 Å². The van der Waals surface area contributed by atoms with Crippen LogP contribution in [0.3, 0.4) is 0 Å². The van der Waals surface area contributed by atoms with Crippen LogP contribution in [0.4, 0.5) is 28.8 Å². The Balaban J connectivity index is 2.00. The molecule has 0 unspecified atom stereocenters. The Hall–Kier alpha value is -3.33. The smallest absolute Gasteiger partial charge is 0.332 e. The van der Waals surface area contributed by atoms with Crippen LogP contribution in [0, 0.1) is 17.0 Å². The fourth-order valence-corrected chi connectivity index (χ4v) is 2.24. The second-order valence-electron chi connectivity index (χ2n) is 4.93. The molecule has 126 valence electrons. The van der Waals surface area contributed by atoms with E-state index in [0.717, 1.165) is 5.69 Å². The molecule has 3 heterocycles. The third-order valence-corrected chi connectivity index (χ3v) is 3.45. The molecule has 0 saturated heterocycles. The predicted molar refractivity (Wildman–Crippen MR) is 93.5 cm³/mol. The molecule has 0 saturated carbocycles. The molecule has 0 atom stereocenters. The normalized spacial score (nSPS) is 10.3. The van der Waals surface area contributed by atoms with Crippen molar-refractivity contribution in [3.63, 3.8) is 0 Å². The van der Waals surface area contributed by atoms with E-state index in [0.29, 0.717) is 11.5 Å². The van der Waals surface area contributed by atoms with Gasteiger partial charge in [0.25, 0.3) is 0 Å². The standard InChI is InChI=1S/C15H12ClN7O2/c1-9-4-2-6-11(20-9)22-15-12(23(24)25)14(18-8-19-15)21-10-5-3-7-17-13(10)16/h2-8H,1H3,(H2,18,19,20,21,22). The van der Waals surface area contributed by atoms with E-state index in [2.05, 4.69) is 30.6 Å². The molecule has 3 aromatic heterocycles. The molecule has 0 amide bonds. The number of rotatable bonds is 5. The van der Waals surface area contributed by atoms with Gasteiger partial charge in [0.2, 0.25) is 11.6 Å². The summed E-state index contributed by atoms with van der Waals surface area (Å²) in [6.45, 7) is 1.82. The molecule has 3 rings (SSSR count). The van der Waals surface area contributed by atoms with Crippen LogP contribution in [-0.4, -0.2) is 24.9 Å². The monoisotopic (exact) mass is 357 g/mol. The molecule has 25 heavy (non-hydrogen) atoms. The van der Waals surface area contributed by atoms with Gasteiger partial charge in [0.05, 0.1) is 10.6 Å². The van der Waals surface area contributed by atoms with Crippen molar-refractivity contribution < 1.29 is 4.92 Å². The lowest BCUT2D eigenvalue weighted by Gasteiger charge is -2.10. The van der Waals surface area contributed by atoms with Gasteiger partial charge in [-0.05, 0) is 31.2 Å². The van der Waals surface area contributed by atoms with Gasteiger partial charge in [0.1, 0.15) is 12.1 Å². The average molecular weight is 358 g/mol. The van der Waals surface area contributed by atoms with Crippen LogP contribution in [0.15, 0.2) is 42.9 Å². The van der Waals surface area contributed by atoms with E-state index in [1.54, 1.807) is 24.3 Å². The molecule has 0 fully saturated rings. The first-order valence-electron chi connectivity index (χ1n) is 7.12. The van der Waals surface area contributed by atoms with Crippen molar-refractivity contribution in [1.29, 1.82) is 0 Å². The van der Waals surface area contributed by atoms with Crippen LogP contribution >= 0.6 is 11.6 Å². The lowest BCUT2D eigenvalue weighted by Crippen LogP contribution is -2.06. The highest BCUT2D eigenvalue weighted by Gasteiger charge is 2.24. The summed E-state index contributed by atoms with van der Waals surface area (Å²) in [5.74, 6) is 0.442. The van der Waals surface area contributed by atoms with Crippen molar-refractivity contribution in [2.24, 2.45) is 0 Å². The molecule has 0 bridgehead atoms. The first kappa shape index (κ1) is 16.5. The van der Waals surface area contributed by atoms with Crippen LogP contribution in [0.25, 0.3) is 0 Å². The van der Waals surface area contributed by atoms with Gasteiger partial charge in [0.15, 0.2) is 5.15 Å². The lowest BCUT2D eigenvalue weighted by atomic mass is 10.3. The van der Waals surface area contributed by atoms with Crippen LogP contribution in [0.1, 0.15) is 5.69 Å². The highest BCUT2D eigenvalue weighted by molar-refractivity contribution is 6.32. The summed E-state index contributed by atoms with van der Waals surface area (Å²) in [4.78, 5) is 27.0. The Kier molecular flexibility index (Phi) is 4.66. The van der Waals surface area contributed by atoms with Gasteiger partial charge in [-0.25, -0.2) is 19.9 Å². The molecule has 10 heteroatoms. The zero-order chi connectivity index (χ0) is 17.8. The SMILES string of the molecule is Cc1cccc(Nc2ncnc(Nc3cccnc3Cl)c2[N+](=O)[O-])n1. The lowest BCUT2D eigenvalue weighted by molar-refractivity contribution is -0.383. The number of nitrogens with one attached hydrogen (secondary N) is 2. The molecule has 2 N–H and O–H groups in total. The number of hydrogen-bond acceptors (Lipinski definition) is 8. The van der Waals surface area contributed by atoms with Crippen LogP contribution in [0.5, 0.6) is 0 Å². The van der Waals surface area contributed by atoms with Crippen molar-refractivity contribution in [2.75, 3.05) is 10.6 Å². The van der Waals surface area contributed by atoms with E-state index < -0.39 is 4.92 Å². The van der Waals surface area contributed by atoms with Crippen LogP contribution in [-0.2, 0) is 0 Å². The molecule has 0 aliphatic rings. The Morgan fingerprint density at radius 3 is 2.52 bits per heavy atom. The van der Waals surface area contributed by atoms with Crippen molar-refractivity contribution in [3.05, 3.63) is 63.8 Å². The molecule has 0 radical (unpaired) electrons. The summed E-state index contributed by atoms with van der Waals surface area (Å²) in [6.07, 6.45) is 2.72. The number of halogens is 1. The van der Waals surface area contributed by atoms with Gasteiger partial charge < -0.3 is 10.6 Å². The molecule has 0 aromatic carbocycles. The Morgan fingerprint density at radius 2 is 1.84 bits per heavy atom. The first-order chi connectivity index (χ1) is 12.0. The Labute approximate surface area is 147 Å². The van der Waals surface area contributed by atoms with Crippen molar-refractivity contribution in [2.45, 2.75) is 6.92 Å². The molecule has 0 aliphatic heterocycles. The molecule has 3 aromatic rings. The number of pyridine rings is 2. The Morgan fingerprint density at radius 1 is 1.08 bits per heavy atom. The minimum atomic E-state index is -0.579. The van der Waals surface area contributed by atoms with E-state index in [1.807, 2.05) is 13.0 Å². The Bertz CT molecular complexity index is 935. The van der Waals surface area contributed by atoms with E-state index >= 15 is 0 Å². The van der Waals surface area contributed by atoms with Crippen LogP contribution < -0.4 is 10.6 Å². The van der Waals surface area contributed by atoms with E-state index in [1.165, 1.54) is 12.5 Å². The van der Waals surface area contributed by atoms with Gasteiger partial charge in [-0.1, -0.05) is 17.7 Å². The van der Waals surface area contributed by atoms with Gasteiger partial charge in [-0.15, -0.1) is 0 Å². The molecule has 0 aliphatic carbocycles. The van der Waals surface area contributed by atoms with Crippen molar-refractivity contribution >= 4 is 40.4 Å². The van der Waals surface area contributed by atoms with Crippen molar-refractivity contribution in [3.8, 4) is 0 Å². The predicted octanol–water partition coefficient (Wildman–Crippen LogP) is 3.62. The average Bonchev–Trinajstić information content (AvgIpc) is 2.57. The maximum absolute atomic E-state index is 11.6. The minimum absolute atomic E-state index is 0.00921. The van der Waals surface area contributed by atoms with E-state index in [9.17, 15) is 10.1 Å². The maximum Gasteiger partial charge on any atom is 0.353 e. The fraction of sp³-hybridized carbons (Fsp3) is 0.0667. The quantitative estimate of drug-likeness (QED) is 0.403. The zero-order valence-electron chi connectivity index (χ0n) is 13.0. The van der Waals surface area contributed by atoms with Gasteiger partial charge in [-0.2, -0.15) is 0 Å². The van der Waals surface area contributed by atoms with E-state index in [-0.39, 0.29) is 22.5 Å². The summed E-state index contributed by atoms with van der Waals surface area (Å²) >= 11 is 5.98. The summed E-state index contributed by atoms with van der Waals surface area (Å²) in [5, 5.41) is 17.4. The number of nitro groups is 1. The second kappa shape index (κ2) is 7.05. The summed E-state index contributed by atoms with van der Waals surface area (Å²) in [5.41, 5.74) is 0.832. The maximum atomic E-state index is 11.6.